The van der Waals surface area contributed by atoms with Gasteiger partial charge in [0.2, 0.25) is 0 Å². The molecule has 86 valence electrons. The molecular weight excluding hydrogens is 223 g/mol. The van der Waals surface area contributed by atoms with Crippen LogP contribution in [-0.2, 0) is 0 Å². The number of nitrogens with two attached hydrogens (primary N) is 1. The fourth-order valence-electron chi connectivity index (χ4n) is 1.54. The van der Waals surface area contributed by atoms with Crippen molar-refractivity contribution in [2.24, 2.45) is 0 Å². The molecule has 0 unspecified atom stereocenters. The molecule has 0 spiro atoms. The van der Waals surface area contributed by atoms with Gasteiger partial charge >= 0.3 is 0 Å². The summed E-state index contributed by atoms with van der Waals surface area (Å²) in [6.07, 6.45) is 0. The lowest BCUT2D eigenvalue weighted by Crippen LogP contribution is -1.95. The minimum absolute atomic E-state index is 0.0943. The maximum Gasteiger partial charge on any atom is 0.292 e. The summed E-state index contributed by atoms with van der Waals surface area (Å²) in [6.45, 7) is 0. The van der Waals surface area contributed by atoms with Gasteiger partial charge in [-0.15, -0.1) is 0 Å². The van der Waals surface area contributed by atoms with Crippen molar-refractivity contribution in [2.45, 2.75) is 0 Å². The van der Waals surface area contributed by atoms with Crippen LogP contribution in [-0.4, -0.2) is 4.92 Å². The van der Waals surface area contributed by atoms with E-state index in [0.29, 0.717) is 5.56 Å². The smallest absolute Gasteiger partial charge is 0.292 e. The number of nitrogens with zero attached hydrogens (tertiary/aromatic N) is 1. The summed E-state index contributed by atoms with van der Waals surface area (Å²) in [7, 11) is 0. The van der Waals surface area contributed by atoms with Crippen molar-refractivity contribution in [1.82, 2.24) is 0 Å². The van der Waals surface area contributed by atoms with Crippen LogP contribution in [0.25, 0.3) is 11.1 Å². The van der Waals surface area contributed by atoms with Crippen LogP contribution in [0.3, 0.4) is 0 Å². The van der Waals surface area contributed by atoms with E-state index in [4.69, 9.17) is 5.73 Å². The Kier molecular flexibility index (Phi) is 2.74. The van der Waals surface area contributed by atoms with Crippen LogP contribution in [0.15, 0.2) is 42.5 Å². The molecule has 0 amide bonds. The molecule has 0 aliphatic heterocycles. The van der Waals surface area contributed by atoms with E-state index < -0.39 is 4.92 Å². The predicted octanol–water partition coefficient (Wildman–Crippen LogP) is 2.98. The van der Waals surface area contributed by atoms with Gasteiger partial charge in [0.25, 0.3) is 5.69 Å². The highest BCUT2D eigenvalue weighted by Gasteiger charge is 2.11. The van der Waals surface area contributed by atoms with Crippen molar-refractivity contribution in [2.75, 3.05) is 5.73 Å². The standard InChI is InChI=1S/C12H9FN2O2/c13-10-4-1-8(2-5-10)9-3-6-12(15(16)17)11(14)7-9/h1-7H,14H2. The molecule has 0 saturated carbocycles. The molecular formula is C12H9FN2O2. The highest BCUT2D eigenvalue weighted by molar-refractivity contribution is 5.72. The first-order valence-electron chi connectivity index (χ1n) is 4.88. The quantitative estimate of drug-likeness (QED) is 0.491. The third kappa shape index (κ3) is 2.23. The third-order valence-corrected chi connectivity index (χ3v) is 2.40. The molecule has 0 fully saturated rings. The number of nitro groups is 1. The average molecular weight is 232 g/mol. The Morgan fingerprint density at radius 3 is 2.18 bits per heavy atom. The summed E-state index contributed by atoms with van der Waals surface area (Å²) in [5.74, 6) is -0.330. The van der Waals surface area contributed by atoms with Gasteiger partial charge in [-0.3, -0.25) is 10.1 Å². The molecule has 0 radical (unpaired) electrons. The van der Waals surface area contributed by atoms with Gasteiger partial charge < -0.3 is 5.73 Å². The Morgan fingerprint density at radius 2 is 1.65 bits per heavy atom. The second-order valence-corrected chi connectivity index (χ2v) is 3.54. The van der Waals surface area contributed by atoms with Crippen molar-refractivity contribution in [3.8, 4) is 11.1 Å². The predicted molar refractivity (Wildman–Crippen MR) is 62.9 cm³/mol. The lowest BCUT2D eigenvalue weighted by molar-refractivity contribution is -0.383. The molecule has 2 aromatic rings. The first-order valence-corrected chi connectivity index (χ1v) is 4.88. The Bertz CT molecular complexity index is 567. The van der Waals surface area contributed by atoms with Crippen molar-refractivity contribution in [1.29, 1.82) is 0 Å². The molecule has 0 bridgehead atoms. The zero-order chi connectivity index (χ0) is 12.4. The molecule has 0 atom stereocenters. The van der Waals surface area contributed by atoms with Crippen LogP contribution in [0.2, 0.25) is 0 Å². The first kappa shape index (κ1) is 11.1. The van der Waals surface area contributed by atoms with Gasteiger partial charge in [0.05, 0.1) is 4.92 Å². The monoisotopic (exact) mass is 232 g/mol. The molecule has 2 rings (SSSR count). The van der Waals surface area contributed by atoms with Crippen LogP contribution in [0.5, 0.6) is 0 Å². The van der Waals surface area contributed by atoms with E-state index in [2.05, 4.69) is 0 Å². The van der Waals surface area contributed by atoms with Gasteiger partial charge in [-0.2, -0.15) is 0 Å². The molecule has 2 N–H and O–H groups in total. The largest absolute Gasteiger partial charge is 0.393 e. The molecule has 17 heavy (non-hydrogen) atoms. The van der Waals surface area contributed by atoms with Crippen LogP contribution >= 0.6 is 0 Å². The van der Waals surface area contributed by atoms with E-state index in [9.17, 15) is 14.5 Å². The number of anilines is 1. The molecule has 0 aromatic heterocycles. The number of rotatable bonds is 2. The van der Waals surface area contributed by atoms with E-state index in [1.54, 1.807) is 18.2 Å². The van der Waals surface area contributed by atoms with Gasteiger partial charge in [-0.05, 0) is 35.4 Å². The Balaban J connectivity index is 2.44. The second kappa shape index (κ2) is 4.21. The van der Waals surface area contributed by atoms with Crippen LogP contribution < -0.4 is 5.73 Å². The molecule has 4 nitrogen and oxygen atoms in total. The van der Waals surface area contributed by atoms with Crippen molar-refractivity contribution < 1.29 is 9.31 Å². The number of nitrogen functional groups attached to an aromatic ring is 1. The van der Waals surface area contributed by atoms with E-state index in [1.165, 1.54) is 24.3 Å². The normalized spacial score (nSPS) is 10.2. The van der Waals surface area contributed by atoms with Gasteiger partial charge in [-0.1, -0.05) is 12.1 Å². The SMILES string of the molecule is Nc1cc(-c2ccc(F)cc2)ccc1[N+](=O)[O-]. The Morgan fingerprint density at radius 1 is 1.06 bits per heavy atom. The zero-order valence-electron chi connectivity index (χ0n) is 8.76. The zero-order valence-corrected chi connectivity index (χ0v) is 8.76. The highest BCUT2D eigenvalue weighted by Crippen LogP contribution is 2.28. The number of hydrogen-bond acceptors (Lipinski definition) is 3. The molecule has 0 heterocycles. The number of nitro benzene ring substituents is 1. The summed E-state index contributed by atoms with van der Waals surface area (Å²) in [5, 5.41) is 10.6. The van der Waals surface area contributed by atoms with E-state index >= 15 is 0 Å². The maximum atomic E-state index is 12.7. The Labute approximate surface area is 96.6 Å². The topological polar surface area (TPSA) is 69.2 Å². The fourth-order valence-corrected chi connectivity index (χ4v) is 1.54. The van der Waals surface area contributed by atoms with Gasteiger partial charge in [0.1, 0.15) is 11.5 Å². The van der Waals surface area contributed by atoms with Gasteiger partial charge in [0.15, 0.2) is 0 Å². The lowest BCUT2D eigenvalue weighted by Gasteiger charge is -2.03. The number of benzene rings is 2. The third-order valence-electron chi connectivity index (χ3n) is 2.40. The molecule has 0 saturated heterocycles. The van der Waals surface area contributed by atoms with Crippen LogP contribution in [0, 0.1) is 15.9 Å². The molecule has 2 aromatic carbocycles. The van der Waals surface area contributed by atoms with Crippen molar-refractivity contribution in [3.63, 3.8) is 0 Å². The second-order valence-electron chi connectivity index (χ2n) is 3.54. The van der Waals surface area contributed by atoms with Crippen LogP contribution in [0.1, 0.15) is 0 Å². The number of halogens is 1. The lowest BCUT2D eigenvalue weighted by atomic mass is 10.0. The molecule has 5 heteroatoms. The number of hydrogen-bond donors (Lipinski definition) is 1. The Hall–Kier alpha value is -2.43. The van der Waals surface area contributed by atoms with Gasteiger partial charge in [0, 0.05) is 6.07 Å². The van der Waals surface area contributed by atoms with Crippen molar-refractivity contribution in [3.05, 3.63) is 58.4 Å². The summed E-state index contributed by atoms with van der Waals surface area (Å²) in [4.78, 5) is 10.1. The van der Waals surface area contributed by atoms with Gasteiger partial charge in [-0.25, -0.2) is 4.39 Å². The molecule has 0 aliphatic carbocycles. The highest BCUT2D eigenvalue weighted by atomic mass is 19.1. The summed E-state index contributed by atoms with van der Waals surface area (Å²) in [6, 6.07) is 10.3. The minimum Gasteiger partial charge on any atom is -0.393 e. The first-order chi connectivity index (χ1) is 8.08. The van der Waals surface area contributed by atoms with E-state index in [1.807, 2.05) is 0 Å². The van der Waals surface area contributed by atoms with E-state index in [0.717, 1.165) is 5.56 Å². The van der Waals surface area contributed by atoms with E-state index in [-0.39, 0.29) is 17.2 Å². The summed E-state index contributed by atoms with van der Waals surface area (Å²) < 4.78 is 12.7. The maximum absolute atomic E-state index is 12.7. The fraction of sp³-hybridized carbons (Fsp3) is 0. The summed E-state index contributed by atoms with van der Waals surface area (Å²) >= 11 is 0. The minimum atomic E-state index is -0.538. The van der Waals surface area contributed by atoms with Crippen molar-refractivity contribution >= 4 is 11.4 Å². The summed E-state index contributed by atoms with van der Waals surface area (Å²) in [5.41, 5.74) is 7.01. The molecule has 0 aliphatic rings. The average Bonchev–Trinajstić information content (AvgIpc) is 2.29. The van der Waals surface area contributed by atoms with Crippen LogP contribution in [0.4, 0.5) is 15.8 Å².